The summed E-state index contributed by atoms with van der Waals surface area (Å²) in [6, 6.07) is -0.206. The molecule has 112 valence electrons. The van der Waals surface area contributed by atoms with Gasteiger partial charge in [-0.15, -0.1) is 0 Å². The summed E-state index contributed by atoms with van der Waals surface area (Å²) < 4.78 is 7.07. The lowest BCUT2D eigenvalue weighted by molar-refractivity contribution is -0.150. The zero-order valence-corrected chi connectivity index (χ0v) is 12.8. The maximum atomic E-state index is 12.0. The van der Waals surface area contributed by atoms with E-state index in [2.05, 4.69) is 22.2 Å². The first-order valence-electron chi connectivity index (χ1n) is 7.15. The lowest BCUT2D eigenvalue weighted by Crippen LogP contribution is -2.55. The molecule has 6 heteroatoms. The van der Waals surface area contributed by atoms with Crippen LogP contribution in [0.4, 0.5) is 0 Å². The van der Waals surface area contributed by atoms with Gasteiger partial charge in [-0.1, -0.05) is 0 Å². The van der Waals surface area contributed by atoms with Crippen molar-refractivity contribution in [1.82, 2.24) is 20.0 Å². The Morgan fingerprint density at radius 2 is 2.25 bits per heavy atom. The van der Waals surface area contributed by atoms with E-state index >= 15 is 0 Å². The van der Waals surface area contributed by atoms with Crippen molar-refractivity contribution in [3.63, 3.8) is 0 Å². The number of hydrogen-bond donors (Lipinski definition) is 1. The van der Waals surface area contributed by atoms with Crippen LogP contribution in [0.1, 0.15) is 23.9 Å². The number of esters is 1. The number of carbonyl (C=O) groups is 1. The second-order valence-corrected chi connectivity index (χ2v) is 5.22. The molecular formula is C14H24N4O2. The van der Waals surface area contributed by atoms with E-state index < -0.39 is 0 Å². The fraction of sp³-hybridized carbons (Fsp3) is 0.714. The minimum atomic E-state index is -0.206. The van der Waals surface area contributed by atoms with Crippen LogP contribution in [0.3, 0.4) is 0 Å². The van der Waals surface area contributed by atoms with Gasteiger partial charge in [0, 0.05) is 44.5 Å². The van der Waals surface area contributed by atoms with Gasteiger partial charge in [-0.2, -0.15) is 5.10 Å². The Hall–Kier alpha value is -1.40. The van der Waals surface area contributed by atoms with E-state index in [9.17, 15) is 4.79 Å². The molecule has 1 aliphatic rings. The summed E-state index contributed by atoms with van der Waals surface area (Å²) in [6.07, 6.45) is 0. The van der Waals surface area contributed by atoms with Gasteiger partial charge in [0.25, 0.3) is 0 Å². The third kappa shape index (κ3) is 3.02. The number of rotatable bonds is 4. The zero-order valence-electron chi connectivity index (χ0n) is 12.8. The fourth-order valence-electron chi connectivity index (χ4n) is 2.66. The van der Waals surface area contributed by atoms with E-state index in [0.29, 0.717) is 13.2 Å². The van der Waals surface area contributed by atoms with Gasteiger partial charge in [0.15, 0.2) is 0 Å². The molecule has 0 aliphatic carbocycles. The molecule has 1 saturated heterocycles. The van der Waals surface area contributed by atoms with Crippen LogP contribution in [0.5, 0.6) is 0 Å². The standard InChI is InChI=1S/C14H24N4O2/c1-5-20-14(19)13-8-15-6-7-18(13)9-12-10(2)16-17(4)11(12)3/h13,15H,5-9H2,1-4H3. The Morgan fingerprint density at radius 1 is 1.50 bits per heavy atom. The average Bonchev–Trinajstić information content (AvgIpc) is 2.66. The molecule has 1 aromatic rings. The van der Waals surface area contributed by atoms with Crippen LogP contribution >= 0.6 is 0 Å². The first-order valence-corrected chi connectivity index (χ1v) is 7.15. The topological polar surface area (TPSA) is 59.4 Å². The van der Waals surface area contributed by atoms with E-state index in [1.807, 2.05) is 25.6 Å². The summed E-state index contributed by atoms with van der Waals surface area (Å²) in [7, 11) is 1.95. The van der Waals surface area contributed by atoms with E-state index in [1.165, 1.54) is 5.56 Å². The van der Waals surface area contributed by atoms with Crippen LogP contribution in [-0.4, -0.2) is 52.9 Å². The number of aromatic nitrogens is 2. The van der Waals surface area contributed by atoms with Crippen LogP contribution < -0.4 is 5.32 Å². The molecule has 0 saturated carbocycles. The summed E-state index contributed by atoms with van der Waals surface area (Å²) in [5.41, 5.74) is 3.40. The van der Waals surface area contributed by atoms with Gasteiger partial charge in [0.2, 0.25) is 0 Å². The molecule has 1 fully saturated rings. The molecular weight excluding hydrogens is 256 g/mol. The molecule has 1 unspecified atom stereocenters. The zero-order chi connectivity index (χ0) is 14.7. The molecule has 0 radical (unpaired) electrons. The normalized spacial score (nSPS) is 20.1. The average molecular weight is 280 g/mol. The maximum absolute atomic E-state index is 12.0. The Bertz CT molecular complexity index is 484. The minimum absolute atomic E-state index is 0.140. The molecule has 0 bridgehead atoms. The van der Waals surface area contributed by atoms with Crippen molar-refractivity contribution in [2.24, 2.45) is 7.05 Å². The van der Waals surface area contributed by atoms with Gasteiger partial charge in [-0.3, -0.25) is 14.4 Å². The lowest BCUT2D eigenvalue weighted by Gasteiger charge is -2.34. The third-order valence-corrected chi connectivity index (χ3v) is 3.93. The SMILES string of the molecule is CCOC(=O)C1CNCCN1Cc1c(C)nn(C)c1C. The second kappa shape index (κ2) is 6.37. The van der Waals surface area contributed by atoms with Crippen molar-refractivity contribution in [2.45, 2.75) is 33.4 Å². The monoisotopic (exact) mass is 280 g/mol. The minimum Gasteiger partial charge on any atom is -0.465 e. The van der Waals surface area contributed by atoms with Crippen LogP contribution in [0.25, 0.3) is 0 Å². The molecule has 0 spiro atoms. The van der Waals surface area contributed by atoms with E-state index in [-0.39, 0.29) is 12.0 Å². The van der Waals surface area contributed by atoms with Crippen LogP contribution in [0.15, 0.2) is 0 Å². The van der Waals surface area contributed by atoms with Crippen LogP contribution in [0, 0.1) is 13.8 Å². The summed E-state index contributed by atoms with van der Waals surface area (Å²) in [6.45, 7) is 9.49. The Labute approximate surface area is 120 Å². The Morgan fingerprint density at radius 3 is 2.85 bits per heavy atom. The van der Waals surface area contributed by atoms with Crippen molar-refractivity contribution < 1.29 is 9.53 Å². The number of piperazine rings is 1. The molecule has 20 heavy (non-hydrogen) atoms. The summed E-state index contributed by atoms with van der Waals surface area (Å²) in [5, 5.41) is 7.70. The molecule has 1 N–H and O–H groups in total. The molecule has 1 aliphatic heterocycles. The molecule has 1 atom stereocenters. The van der Waals surface area contributed by atoms with Crippen molar-refractivity contribution >= 4 is 5.97 Å². The largest absolute Gasteiger partial charge is 0.465 e. The second-order valence-electron chi connectivity index (χ2n) is 5.22. The van der Waals surface area contributed by atoms with Gasteiger partial charge in [-0.05, 0) is 20.8 Å². The summed E-state index contributed by atoms with van der Waals surface area (Å²) >= 11 is 0. The number of nitrogens with one attached hydrogen (secondary N) is 1. The first-order chi connectivity index (χ1) is 9.54. The van der Waals surface area contributed by atoms with Crippen LogP contribution in [0.2, 0.25) is 0 Å². The van der Waals surface area contributed by atoms with E-state index in [1.54, 1.807) is 0 Å². The van der Waals surface area contributed by atoms with Crippen molar-refractivity contribution in [3.8, 4) is 0 Å². The molecule has 0 amide bonds. The number of hydrogen-bond acceptors (Lipinski definition) is 5. The van der Waals surface area contributed by atoms with E-state index in [0.717, 1.165) is 31.0 Å². The number of nitrogens with zero attached hydrogens (tertiary/aromatic N) is 3. The third-order valence-electron chi connectivity index (χ3n) is 3.93. The number of aryl methyl sites for hydroxylation is 2. The first kappa shape index (κ1) is 15.0. The Kier molecular flexibility index (Phi) is 4.77. The van der Waals surface area contributed by atoms with Gasteiger partial charge < -0.3 is 10.1 Å². The van der Waals surface area contributed by atoms with E-state index in [4.69, 9.17) is 4.74 Å². The van der Waals surface area contributed by atoms with Crippen molar-refractivity contribution in [3.05, 3.63) is 17.0 Å². The molecule has 0 aromatic carbocycles. The van der Waals surface area contributed by atoms with Gasteiger partial charge >= 0.3 is 5.97 Å². The summed E-state index contributed by atoms with van der Waals surface area (Å²) in [5.74, 6) is -0.140. The van der Waals surface area contributed by atoms with Gasteiger partial charge in [-0.25, -0.2) is 0 Å². The number of carbonyl (C=O) groups excluding carboxylic acids is 1. The lowest BCUT2D eigenvalue weighted by atomic mass is 10.1. The molecule has 6 nitrogen and oxygen atoms in total. The smallest absolute Gasteiger partial charge is 0.324 e. The molecule has 1 aromatic heterocycles. The fourth-order valence-corrected chi connectivity index (χ4v) is 2.66. The molecule has 2 rings (SSSR count). The highest BCUT2D eigenvalue weighted by Crippen LogP contribution is 2.17. The predicted molar refractivity (Wildman–Crippen MR) is 76.4 cm³/mol. The summed E-state index contributed by atoms with van der Waals surface area (Å²) in [4.78, 5) is 14.2. The van der Waals surface area contributed by atoms with Crippen molar-refractivity contribution in [2.75, 3.05) is 26.2 Å². The van der Waals surface area contributed by atoms with Gasteiger partial charge in [0.05, 0.1) is 12.3 Å². The van der Waals surface area contributed by atoms with Crippen LogP contribution in [-0.2, 0) is 23.1 Å². The Balaban J connectivity index is 2.14. The van der Waals surface area contributed by atoms with Crippen molar-refractivity contribution in [1.29, 1.82) is 0 Å². The predicted octanol–water partition coefficient (Wildman–Crippen LogP) is 0.374. The highest BCUT2D eigenvalue weighted by atomic mass is 16.5. The highest BCUT2D eigenvalue weighted by Gasteiger charge is 2.30. The highest BCUT2D eigenvalue weighted by molar-refractivity contribution is 5.76. The van der Waals surface area contributed by atoms with Gasteiger partial charge in [0.1, 0.15) is 6.04 Å². The number of ether oxygens (including phenoxy) is 1. The molecule has 2 heterocycles. The maximum Gasteiger partial charge on any atom is 0.324 e. The quantitative estimate of drug-likeness (QED) is 0.808.